The molecule has 6 nitrogen and oxygen atoms in total. The second-order valence-corrected chi connectivity index (χ2v) is 6.77. The second-order valence-electron chi connectivity index (χ2n) is 6.77. The van der Waals surface area contributed by atoms with Crippen molar-refractivity contribution >= 4 is 5.69 Å². The molecule has 2 aromatic rings. The van der Waals surface area contributed by atoms with Crippen molar-refractivity contribution < 1.29 is 9.47 Å². The number of hydrogen-bond acceptors (Lipinski definition) is 5. The van der Waals surface area contributed by atoms with Gasteiger partial charge in [0, 0.05) is 57.2 Å². The fourth-order valence-electron chi connectivity index (χ4n) is 3.65. The molecule has 1 atom stereocenters. The van der Waals surface area contributed by atoms with Crippen LogP contribution in [0.15, 0.2) is 36.7 Å². The van der Waals surface area contributed by atoms with Gasteiger partial charge in [-0.25, -0.2) is 0 Å². The summed E-state index contributed by atoms with van der Waals surface area (Å²) < 4.78 is 13.3. The van der Waals surface area contributed by atoms with Crippen LogP contribution in [-0.2, 0) is 23.1 Å². The van der Waals surface area contributed by atoms with Crippen LogP contribution in [0.1, 0.15) is 17.2 Å². The van der Waals surface area contributed by atoms with Gasteiger partial charge in [0.15, 0.2) is 0 Å². The first-order valence-corrected chi connectivity index (χ1v) is 9.03. The average Bonchev–Trinajstić information content (AvgIpc) is 3.10. The van der Waals surface area contributed by atoms with Crippen molar-refractivity contribution in [3.05, 3.63) is 47.8 Å². The van der Waals surface area contributed by atoms with E-state index in [4.69, 9.17) is 9.47 Å². The Morgan fingerprint density at radius 3 is 2.76 bits per heavy atom. The molecule has 4 rings (SSSR count). The molecule has 25 heavy (non-hydrogen) atoms. The van der Waals surface area contributed by atoms with Crippen LogP contribution in [0.2, 0.25) is 0 Å². The van der Waals surface area contributed by atoms with E-state index < -0.39 is 0 Å². The van der Waals surface area contributed by atoms with E-state index in [1.165, 1.54) is 11.3 Å². The Kier molecular flexibility index (Phi) is 5.01. The van der Waals surface area contributed by atoms with Crippen LogP contribution in [0.5, 0.6) is 0 Å². The van der Waals surface area contributed by atoms with Crippen LogP contribution in [-0.4, -0.2) is 60.7 Å². The number of rotatable bonds is 4. The van der Waals surface area contributed by atoms with E-state index in [-0.39, 0.29) is 6.10 Å². The molecule has 2 saturated heterocycles. The largest absolute Gasteiger partial charge is 0.378 e. The molecule has 0 amide bonds. The van der Waals surface area contributed by atoms with Gasteiger partial charge in [0.25, 0.3) is 0 Å². The van der Waals surface area contributed by atoms with Crippen molar-refractivity contribution in [1.29, 1.82) is 0 Å². The molecular formula is C19H26N4O2. The first-order chi connectivity index (χ1) is 12.3. The van der Waals surface area contributed by atoms with E-state index in [0.717, 1.165) is 58.1 Å². The molecule has 0 aliphatic carbocycles. The number of benzene rings is 1. The molecule has 134 valence electrons. The molecular weight excluding hydrogens is 316 g/mol. The van der Waals surface area contributed by atoms with Crippen molar-refractivity contribution in [2.45, 2.75) is 12.6 Å². The third kappa shape index (κ3) is 3.86. The molecule has 6 heteroatoms. The summed E-state index contributed by atoms with van der Waals surface area (Å²) in [5.74, 6) is 0. The predicted octanol–water partition coefficient (Wildman–Crippen LogP) is 1.83. The molecule has 2 aliphatic rings. The number of anilines is 1. The first-order valence-electron chi connectivity index (χ1n) is 9.03. The first kappa shape index (κ1) is 16.6. The lowest BCUT2D eigenvalue weighted by atomic mass is 10.1. The highest BCUT2D eigenvalue weighted by Gasteiger charge is 2.24. The molecule has 0 N–H and O–H groups in total. The Morgan fingerprint density at radius 1 is 1.12 bits per heavy atom. The molecule has 0 bridgehead atoms. The molecule has 2 fully saturated rings. The summed E-state index contributed by atoms with van der Waals surface area (Å²) in [6.07, 6.45) is 4.07. The van der Waals surface area contributed by atoms with E-state index in [2.05, 4.69) is 45.4 Å². The monoisotopic (exact) mass is 342 g/mol. The maximum absolute atomic E-state index is 5.97. The lowest BCUT2D eigenvalue weighted by molar-refractivity contribution is -0.0329. The van der Waals surface area contributed by atoms with E-state index >= 15 is 0 Å². The summed E-state index contributed by atoms with van der Waals surface area (Å²) in [6, 6.07) is 8.75. The van der Waals surface area contributed by atoms with Gasteiger partial charge in [-0.2, -0.15) is 5.10 Å². The maximum atomic E-state index is 5.97. The molecule has 0 saturated carbocycles. The number of para-hydroxylation sites is 1. The number of aromatic nitrogens is 2. The van der Waals surface area contributed by atoms with Crippen LogP contribution in [0.4, 0.5) is 5.69 Å². The van der Waals surface area contributed by atoms with Gasteiger partial charge in [-0.1, -0.05) is 18.2 Å². The van der Waals surface area contributed by atoms with Crippen molar-refractivity contribution in [3.63, 3.8) is 0 Å². The Hall–Kier alpha value is -1.89. The van der Waals surface area contributed by atoms with Gasteiger partial charge in [-0.3, -0.25) is 9.58 Å². The van der Waals surface area contributed by atoms with Crippen LogP contribution in [0.3, 0.4) is 0 Å². The van der Waals surface area contributed by atoms with Crippen LogP contribution < -0.4 is 4.90 Å². The molecule has 0 spiro atoms. The molecule has 3 heterocycles. The number of morpholine rings is 2. The Labute approximate surface area is 148 Å². The highest BCUT2D eigenvalue weighted by Crippen LogP contribution is 2.26. The quantitative estimate of drug-likeness (QED) is 0.848. The van der Waals surface area contributed by atoms with Crippen molar-refractivity contribution in [3.8, 4) is 0 Å². The minimum atomic E-state index is 0.109. The van der Waals surface area contributed by atoms with E-state index in [9.17, 15) is 0 Å². The molecule has 0 unspecified atom stereocenters. The normalized spacial score (nSPS) is 22.3. The van der Waals surface area contributed by atoms with E-state index in [1.807, 2.05) is 17.9 Å². The Morgan fingerprint density at radius 2 is 1.96 bits per heavy atom. The average molecular weight is 342 g/mol. The minimum Gasteiger partial charge on any atom is -0.378 e. The Bertz CT molecular complexity index is 696. The number of ether oxygens (including phenoxy) is 2. The van der Waals surface area contributed by atoms with Crippen molar-refractivity contribution in [1.82, 2.24) is 14.7 Å². The summed E-state index contributed by atoms with van der Waals surface area (Å²) in [6.45, 7) is 7.16. The van der Waals surface area contributed by atoms with E-state index in [1.54, 1.807) is 0 Å². The number of aryl methyl sites for hydroxylation is 1. The third-order valence-corrected chi connectivity index (χ3v) is 4.98. The highest BCUT2D eigenvalue weighted by atomic mass is 16.5. The zero-order chi connectivity index (χ0) is 17.1. The third-order valence-electron chi connectivity index (χ3n) is 4.98. The predicted molar refractivity (Wildman–Crippen MR) is 96.7 cm³/mol. The minimum absolute atomic E-state index is 0.109. The summed E-state index contributed by atoms with van der Waals surface area (Å²) in [4.78, 5) is 4.93. The fraction of sp³-hybridized carbons (Fsp3) is 0.526. The van der Waals surface area contributed by atoms with Crippen LogP contribution in [0.25, 0.3) is 0 Å². The standard InChI is InChI=1S/C19H26N4O2/c1-21-13-17(12-20-21)19-15-22(6-11-25-19)14-16-4-2-3-5-18(16)23-7-9-24-10-8-23/h2-5,12-13,19H,6-11,14-15H2,1H3/t19-/m1/s1. The molecule has 0 radical (unpaired) electrons. The smallest absolute Gasteiger partial charge is 0.0982 e. The number of nitrogens with zero attached hydrogens (tertiary/aromatic N) is 4. The van der Waals surface area contributed by atoms with Gasteiger partial charge in [0.05, 0.1) is 32.1 Å². The Balaban J connectivity index is 1.46. The van der Waals surface area contributed by atoms with Gasteiger partial charge >= 0.3 is 0 Å². The summed E-state index contributed by atoms with van der Waals surface area (Å²) >= 11 is 0. The summed E-state index contributed by atoms with van der Waals surface area (Å²) in [5, 5.41) is 4.28. The fourth-order valence-corrected chi connectivity index (χ4v) is 3.65. The summed E-state index contributed by atoms with van der Waals surface area (Å²) in [5.41, 5.74) is 3.89. The van der Waals surface area contributed by atoms with Gasteiger partial charge in [-0.05, 0) is 11.6 Å². The van der Waals surface area contributed by atoms with Gasteiger partial charge in [0.1, 0.15) is 0 Å². The number of hydrogen-bond donors (Lipinski definition) is 0. The van der Waals surface area contributed by atoms with Gasteiger partial charge in [0.2, 0.25) is 0 Å². The lowest BCUT2D eigenvalue weighted by Crippen LogP contribution is -2.39. The SMILES string of the molecule is Cn1cc([C@H]2CN(Cc3ccccc3N3CCOCC3)CCO2)cn1. The molecule has 2 aliphatic heterocycles. The van der Waals surface area contributed by atoms with Crippen molar-refractivity contribution in [2.24, 2.45) is 7.05 Å². The summed E-state index contributed by atoms with van der Waals surface area (Å²) in [7, 11) is 1.95. The highest BCUT2D eigenvalue weighted by molar-refractivity contribution is 5.54. The van der Waals surface area contributed by atoms with Crippen LogP contribution >= 0.6 is 0 Å². The topological polar surface area (TPSA) is 42.8 Å². The van der Waals surface area contributed by atoms with Crippen molar-refractivity contribution in [2.75, 3.05) is 50.9 Å². The van der Waals surface area contributed by atoms with Crippen LogP contribution in [0, 0.1) is 0 Å². The van der Waals surface area contributed by atoms with E-state index in [0.29, 0.717) is 0 Å². The second kappa shape index (κ2) is 7.56. The molecule has 1 aromatic heterocycles. The zero-order valence-electron chi connectivity index (χ0n) is 14.8. The molecule has 1 aromatic carbocycles. The lowest BCUT2D eigenvalue weighted by Gasteiger charge is -2.35. The zero-order valence-corrected chi connectivity index (χ0v) is 14.8. The van der Waals surface area contributed by atoms with Gasteiger partial charge < -0.3 is 14.4 Å². The van der Waals surface area contributed by atoms with Gasteiger partial charge in [-0.15, -0.1) is 0 Å². The maximum Gasteiger partial charge on any atom is 0.0982 e.